The van der Waals surface area contributed by atoms with Crippen molar-refractivity contribution in [1.29, 1.82) is 0 Å². The van der Waals surface area contributed by atoms with Gasteiger partial charge in [0.1, 0.15) is 12.4 Å². The van der Waals surface area contributed by atoms with Gasteiger partial charge >= 0.3 is 0 Å². The van der Waals surface area contributed by atoms with Gasteiger partial charge in [-0.05, 0) is 36.3 Å². The number of hydrogen-bond donors (Lipinski definition) is 2. The summed E-state index contributed by atoms with van der Waals surface area (Å²) in [5.74, 6) is 0.785. The smallest absolute Gasteiger partial charge is 0.171 e. The third-order valence-corrected chi connectivity index (χ3v) is 3.60. The molecule has 0 aliphatic heterocycles. The molecular weight excluding hydrogens is 304 g/mol. The van der Waals surface area contributed by atoms with Crippen LogP contribution in [0.4, 0.5) is 5.69 Å². The molecule has 2 rings (SSSR count). The highest BCUT2D eigenvalue weighted by Crippen LogP contribution is 2.19. The Kier molecular flexibility index (Phi) is 6.63. The molecule has 3 nitrogen and oxygen atoms in total. The Morgan fingerprint density at radius 2 is 2.00 bits per heavy atom. The lowest BCUT2D eigenvalue weighted by molar-refractivity contribution is 0.363. The van der Waals surface area contributed by atoms with Gasteiger partial charge in [-0.2, -0.15) is 0 Å². The van der Waals surface area contributed by atoms with E-state index >= 15 is 0 Å². The molecule has 2 aromatic rings. The Hall–Kier alpha value is -2.33. The Morgan fingerprint density at radius 3 is 2.70 bits per heavy atom. The molecule has 2 N–H and O–H groups in total. The van der Waals surface area contributed by atoms with Crippen molar-refractivity contribution in [2.24, 2.45) is 0 Å². The first-order valence-electron chi connectivity index (χ1n) is 7.69. The van der Waals surface area contributed by atoms with Crippen LogP contribution in [0.2, 0.25) is 0 Å². The van der Waals surface area contributed by atoms with E-state index in [0.29, 0.717) is 11.7 Å². The van der Waals surface area contributed by atoms with Crippen LogP contribution in [0.25, 0.3) is 0 Å². The number of benzene rings is 2. The van der Waals surface area contributed by atoms with E-state index in [2.05, 4.69) is 36.3 Å². The van der Waals surface area contributed by atoms with Crippen molar-refractivity contribution in [1.82, 2.24) is 5.32 Å². The van der Waals surface area contributed by atoms with Crippen molar-refractivity contribution in [3.05, 3.63) is 72.8 Å². The first-order chi connectivity index (χ1) is 11.2. The maximum Gasteiger partial charge on any atom is 0.171 e. The zero-order valence-electron chi connectivity index (χ0n) is 13.3. The highest BCUT2D eigenvalue weighted by molar-refractivity contribution is 7.80. The molecule has 0 aliphatic rings. The van der Waals surface area contributed by atoms with Gasteiger partial charge in [-0.3, -0.25) is 0 Å². The molecule has 0 unspecified atom stereocenters. The fraction of sp³-hybridized carbons (Fsp3) is 0.211. The molecule has 23 heavy (non-hydrogen) atoms. The minimum Gasteiger partial charge on any atom is -0.489 e. The van der Waals surface area contributed by atoms with Gasteiger partial charge in [0.05, 0.1) is 6.04 Å². The van der Waals surface area contributed by atoms with Crippen LogP contribution in [0.1, 0.15) is 24.9 Å². The summed E-state index contributed by atoms with van der Waals surface area (Å²) in [5.41, 5.74) is 2.12. The van der Waals surface area contributed by atoms with Gasteiger partial charge in [-0.15, -0.1) is 0 Å². The summed E-state index contributed by atoms with van der Waals surface area (Å²) in [4.78, 5) is 0. The summed E-state index contributed by atoms with van der Waals surface area (Å²) in [6.45, 7) is 6.27. The van der Waals surface area contributed by atoms with Crippen LogP contribution >= 0.6 is 12.2 Å². The standard InChI is InChI=1S/C19H22N2OS/c1-3-13-22-17-12-8-11-16(14-17)20-19(23)21-18(4-2)15-9-6-5-7-10-15/h3,5-12,14,18H,1,4,13H2,2H3,(H2,20,21,23)/t18-/m1/s1. The van der Waals surface area contributed by atoms with Crippen LogP contribution in [-0.4, -0.2) is 11.7 Å². The van der Waals surface area contributed by atoms with Gasteiger partial charge in [0, 0.05) is 11.8 Å². The highest BCUT2D eigenvalue weighted by Gasteiger charge is 2.10. The Bertz CT molecular complexity index is 643. The first-order valence-corrected chi connectivity index (χ1v) is 8.10. The number of nitrogens with one attached hydrogen (secondary N) is 2. The molecule has 0 spiro atoms. The first kappa shape index (κ1) is 17.0. The Balaban J connectivity index is 1.97. The number of thiocarbonyl (C=S) groups is 1. The monoisotopic (exact) mass is 326 g/mol. The molecule has 0 bridgehead atoms. The summed E-state index contributed by atoms with van der Waals surface area (Å²) in [5, 5.41) is 7.16. The lowest BCUT2D eigenvalue weighted by atomic mass is 10.1. The van der Waals surface area contributed by atoms with Crippen LogP contribution < -0.4 is 15.4 Å². The second-order valence-electron chi connectivity index (χ2n) is 5.10. The van der Waals surface area contributed by atoms with Crippen LogP contribution in [0.15, 0.2) is 67.3 Å². The van der Waals surface area contributed by atoms with Crippen LogP contribution in [0.3, 0.4) is 0 Å². The highest BCUT2D eigenvalue weighted by atomic mass is 32.1. The van der Waals surface area contributed by atoms with Crippen LogP contribution in [-0.2, 0) is 0 Å². The summed E-state index contributed by atoms with van der Waals surface area (Å²) in [7, 11) is 0. The van der Waals surface area contributed by atoms with E-state index in [1.807, 2.05) is 42.5 Å². The molecule has 0 amide bonds. The zero-order valence-corrected chi connectivity index (χ0v) is 14.1. The number of anilines is 1. The molecule has 0 radical (unpaired) electrons. The van der Waals surface area contributed by atoms with E-state index in [9.17, 15) is 0 Å². The van der Waals surface area contributed by atoms with Crippen LogP contribution in [0.5, 0.6) is 5.75 Å². The average Bonchev–Trinajstić information content (AvgIpc) is 2.59. The van der Waals surface area contributed by atoms with Gasteiger partial charge in [0.2, 0.25) is 0 Å². The van der Waals surface area contributed by atoms with Crippen molar-refractivity contribution in [2.75, 3.05) is 11.9 Å². The van der Waals surface area contributed by atoms with E-state index < -0.39 is 0 Å². The number of rotatable bonds is 7. The van der Waals surface area contributed by atoms with Gasteiger partial charge in [-0.25, -0.2) is 0 Å². The summed E-state index contributed by atoms with van der Waals surface area (Å²) in [6, 6.07) is 18.2. The topological polar surface area (TPSA) is 33.3 Å². The number of hydrogen-bond acceptors (Lipinski definition) is 2. The lowest BCUT2D eigenvalue weighted by Gasteiger charge is -2.20. The predicted octanol–water partition coefficient (Wildman–Crippen LogP) is 4.69. The van der Waals surface area contributed by atoms with E-state index in [4.69, 9.17) is 17.0 Å². The normalized spacial score (nSPS) is 11.3. The summed E-state index contributed by atoms with van der Waals surface area (Å²) in [6.07, 6.45) is 2.67. The van der Waals surface area contributed by atoms with Crippen molar-refractivity contribution in [2.45, 2.75) is 19.4 Å². The molecule has 0 aromatic heterocycles. The molecule has 120 valence electrons. The predicted molar refractivity (Wildman–Crippen MR) is 101 cm³/mol. The van der Waals surface area contributed by atoms with E-state index in [1.54, 1.807) is 6.08 Å². The van der Waals surface area contributed by atoms with Crippen molar-refractivity contribution >= 4 is 23.0 Å². The maximum absolute atomic E-state index is 5.53. The fourth-order valence-electron chi connectivity index (χ4n) is 2.25. The molecule has 0 aliphatic carbocycles. The minimum absolute atomic E-state index is 0.191. The Morgan fingerprint density at radius 1 is 1.22 bits per heavy atom. The third-order valence-electron chi connectivity index (χ3n) is 3.38. The molecular formula is C19H22N2OS. The van der Waals surface area contributed by atoms with Crippen molar-refractivity contribution in [3.8, 4) is 5.75 Å². The Labute approximate surface area is 143 Å². The molecule has 0 fully saturated rings. The molecule has 0 saturated heterocycles. The maximum atomic E-state index is 5.53. The van der Waals surface area contributed by atoms with Crippen molar-refractivity contribution < 1.29 is 4.74 Å². The third kappa shape index (κ3) is 5.42. The van der Waals surface area contributed by atoms with Gasteiger partial charge in [0.25, 0.3) is 0 Å². The molecule has 0 saturated carbocycles. The molecule has 4 heteroatoms. The van der Waals surface area contributed by atoms with Crippen molar-refractivity contribution in [3.63, 3.8) is 0 Å². The SMILES string of the molecule is C=CCOc1cccc(NC(=S)N[C@H](CC)c2ccccc2)c1. The summed E-state index contributed by atoms with van der Waals surface area (Å²) < 4.78 is 5.53. The largest absolute Gasteiger partial charge is 0.489 e. The molecule has 2 aromatic carbocycles. The second-order valence-corrected chi connectivity index (χ2v) is 5.51. The number of ether oxygens (including phenoxy) is 1. The zero-order chi connectivity index (χ0) is 16.5. The van der Waals surface area contributed by atoms with Gasteiger partial charge in [-0.1, -0.05) is 56.0 Å². The van der Waals surface area contributed by atoms with E-state index in [-0.39, 0.29) is 6.04 Å². The van der Waals surface area contributed by atoms with Gasteiger partial charge < -0.3 is 15.4 Å². The lowest BCUT2D eigenvalue weighted by Crippen LogP contribution is -2.32. The van der Waals surface area contributed by atoms with E-state index in [1.165, 1.54) is 5.56 Å². The molecule has 0 heterocycles. The van der Waals surface area contributed by atoms with Gasteiger partial charge in [0.15, 0.2) is 5.11 Å². The van der Waals surface area contributed by atoms with E-state index in [0.717, 1.165) is 17.9 Å². The summed E-state index contributed by atoms with van der Waals surface area (Å²) >= 11 is 5.43. The minimum atomic E-state index is 0.191. The quantitative estimate of drug-likeness (QED) is 0.571. The average molecular weight is 326 g/mol. The van der Waals surface area contributed by atoms with Crippen LogP contribution in [0, 0.1) is 0 Å². The second kappa shape index (κ2) is 8.96. The molecule has 1 atom stereocenters. The fourth-order valence-corrected chi connectivity index (χ4v) is 2.51.